The molecule has 0 aliphatic heterocycles. The second-order valence-corrected chi connectivity index (χ2v) is 3.68. The number of para-hydroxylation sites is 1. The summed E-state index contributed by atoms with van der Waals surface area (Å²) in [7, 11) is 0. The number of Topliss-reactive ketones (excluding diaryl/α,β-unsaturated/α-hetero) is 1. The highest BCUT2D eigenvalue weighted by Gasteiger charge is 2.03. The highest BCUT2D eigenvalue weighted by Crippen LogP contribution is 2.07. The number of rotatable bonds is 6. The van der Waals surface area contributed by atoms with E-state index in [1.807, 2.05) is 58.0 Å². The minimum absolute atomic E-state index is 0.0625. The van der Waals surface area contributed by atoms with Gasteiger partial charge in [-0.25, -0.2) is 0 Å². The van der Waals surface area contributed by atoms with E-state index in [0.717, 1.165) is 5.75 Å². The van der Waals surface area contributed by atoms with Crippen molar-refractivity contribution in [3.63, 3.8) is 0 Å². The molecule has 3 heteroatoms. The van der Waals surface area contributed by atoms with Crippen LogP contribution in [0, 0.1) is 0 Å². The lowest BCUT2D eigenvalue weighted by Gasteiger charge is -2.08. The van der Waals surface area contributed by atoms with Crippen molar-refractivity contribution in [1.82, 2.24) is 5.32 Å². The van der Waals surface area contributed by atoms with E-state index in [0.29, 0.717) is 12.6 Å². The molecule has 1 aromatic rings. The minimum atomic E-state index is 0.0625. The second-order valence-electron chi connectivity index (χ2n) is 3.68. The van der Waals surface area contributed by atoms with Crippen molar-refractivity contribution in [2.75, 3.05) is 13.2 Å². The average molecular weight is 237 g/mol. The smallest absolute Gasteiger partial charge is 0.183 e. The molecule has 0 radical (unpaired) electrons. The summed E-state index contributed by atoms with van der Waals surface area (Å²) in [4.78, 5) is 11.3. The fourth-order valence-electron chi connectivity index (χ4n) is 1.05. The van der Waals surface area contributed by atoms with Crippen molar-refractivity contribution in [2.45, 2.75) is 33.7 Å². The van der Waals surface area contributed by atoms with Gasteiger partial charge >= 0.3 is 0 Å². The van der Waals surface area contributed by atoms with E-state index < -0.39 is 0 Å². The number of carbonyl (C=O) groups is 1. The Balaban J connectivity index is 0.00000121. The Morgan fingerprint density at radius 3 is 2.35 bits per heavy atom. The maximum absolute atomic E-state index is 11.3. The molecule has 0 fully saturated rings. The van der Waals surface area contributed by atoms with Crippen LogP contribution in [0.2, 0.25) is 0 Å². The molecular formula is C14H23NO2. The number of hydrogen-bond donors (Lipinski definition) is 1. The highest BCUT2D eigenvalue weighted by atomic mass is 16.5. The van der Waals surface area contributed by atoms with Crippen LogP contribution < -0.4 is 10.1 Å². The van der Waals surface area contributed by atoms with E-state index in [4.69, 9.17) is 4.74 Å². The molecule has 0 aromatic heterocycles. The van der Waals surface area contributed by atoms with Gasteiger partial charge in [-0.2, -0.15) is 0 Å². The van der Waals surface area contributed by atoms with Crippen LogP contribution in [0.1, 0.15) is 27.7 Å². The Morgan fingerprint density at radius 1 is 1.24 bits per heavy atom. The van der Waals surface area contributed by atoms with E-state index in [9.17, 15) is 4.79 Å². The number of hydrogen-bond acceptors (Lipinski definition) is 3. The molecule has 0 amide bonds. The summed E-state index contributed by atoms with van der Waals surface area (Å²) in [5.74, 6) is 0.794. The summed E-state index contributed by atoms with van der Waals surface area (Å²) in [5.41, 5.74) is 0. The molecule has 0 unspecified atom stereocenters. The Kier molecular flexibility index (Phi) is 9.06. The molecule has 0 saturated heterocycles. The van der Waals surface area contributed by atoms with E-state index in [1.165, 1.54) is 0 Å². The molecule has 0 saturated carbocycles. The molecule has 1 N–H and O–H groups in total. The van der Waals surface area contributed by atoms with Gasteiger partial charge in [0, 0.05) is 6.04 Å². The molecule has 17 heavy (non-hydrogen) atoms. The number of carbonyl (C=O) groups excluding carboxylic acids is 1. The molecule has 1 rings (SSSR count). The van der Waals surface area contributed by atoms with Crippen molar-refractivity contribution < 1.29 is 9.53 Å². The molecule has 0 bridgehead atoms. The van der Waals surface area contributed by atoms with Crippen molar-refractivity contribution in [1.29, 1.82) is 0 Å². The maximum Gasteiger partial charge on any atom is 0.183 e. The fourth-order valence-corrected chi connectivity index (χ4v) is 1.05. The van der Waals surface area contributed by atoms with E-state index in [2.05, 4.69) is 5.32 Å². The third-order valence-electron chi connectivity index (χ3n) is 1.85. The van der Waals surface area contributed by atoms with Gasteiger partial charge in [-0.3, -0.25) is 4.79 Å². The molecule has 0 heterocycles. The Bertz CT molecular complexity index is 296. The predicted octanol–water partition coefficient (Wildman–Crippen LogP) is 2.66. The van der Waals surface area contributed by atoms with Gasteiger partial charge in [0.05, 0.1) is 6.54 Å². The lowest BCUT2D eigenvalue weighted by molar-refractivity contribution is -0.120. The third-order valence-corrected chi connectivity index (χ3v) is 1.85. The molecule has 0 atom stereocenters. The quantitative estimate of drug-likeness (QED) is 0.826. The summed E-state index contributed by atoms with van der Waals surface area (Å²) in [5, 5.41) is 3.05. The molecule has 1 aromatic carbocycles. The Labute approximate surface area is 104 Å². The molecule has 0 spiro atoms. The molecule has 3 nitrogen and oxygen atoms in total. The number of ether oxygens (including phenoxy) is 1. The summed E-state index contributed by atoms with van der Waals surface area (Å²) in [6.45, 7) is 8.50. The maximum atomic E-state index is 11.3. The van der Waals surface area contributed by atoms with Gasteiger partial charge < -0.3 is 10.1 Å². The molecule has 0 aliphatic carbocycles. The largest absolute Gasteiger partial charge is 0.486 e. The van der Waals surface area contributed by atoms with Gasteiger partial charge in [-0.1, -0.05) is 45.9 Å². The van der Waals surface area contributed by atoms with Crippen LogP contribution >= 0.6 is 0 Å². The monoisotopic (exact) mass is 237 g/mol. The minimum Gasteiger partial charge on any atom is -0.486 e. The lowest BCUT2D eigenvalue weighted by Crippen LogP contribution is -2.31. The van der Waals surface area contributed by atoms with Gasteiger partial charge in [0.2, 0.25) is 0 Å². The van der Waals surface area contributed by atoms with Crippen molar-refractivity contribution in [2.24, 2.45) is 0 Å². The Morgan fingerprint density at radius 2 is 1.82 bits per heavy atom. The number of ketones is 1. The first kappa shape index (κ1) is 15.7. The first-order valence-electron chi connectivity index (χ1n) is 6.11. The summed E-state index contributed by atoms with van der Waals surface area (Å²) < 4.78 is 5.31. The Hall–Kier alpha value is -1.35. The van der Waals surface area contributed by atoms with Gasteiger partial charge in [0.15, 0.2) is 5.78 Å². The summed E-state index contributed by atoms with van der Waals surface area (Å²) in [6.07, 6.45) is 0. The SMILES string of the molecule is CC.CC(C)NCC(=O)COc1ccccc1. The molecule has 0 aliphatic rings. The zero-order chi connectivity index (χ0) is 13.1. The summed E-state index contributed by atoms with van der Waals surface area (Å²) in [6, 6.07) is 9.67. The van der Waals surface area contributed by atoms with Crippen molar-refractivity contribution >= 4 is 5.78 Å². The van der Waals surface area contributed by atoms with E-state index in [-0.39, 0.29) is 12.4 Å². The van der Waals surface area contributed by atoms with Crippen LogP contribution in [0.3, 0.4) is 0 Å². The second kappa shape index (κ2) is 9.85. The van der Waals surface area contributed by atoms with Crippen LogP contribution in [0.5, 0.6) is 5.75 Å². The van der Waals surface area contributed by atoms with Crippen LogP contribution in [0.15, 0.2) is 30.3 Å². The number of nitrogens with one attached hydrogen (secondary N) is 1. The van der Waals surface area contributed by atoms with E-state index in [1.54, 1.807) is 0 Å². The van der Waals surface area contributed by atoms with Gasteiger partial charge in [-0.15, -0.1) is 0 Å². The molecular weight excluding hydrogens is 214 g/mol. The topological polar surface area (TPSA) is 38.3 Å². The van der Waals surface area contributed by atoms with Gasteiger partial charge in [0.1, 0.15) is 12.4 Å². The zero-order valence-corrected chi connectivity index (χ0v) is 11.2. The van der Waals surface area contributed by atoms with Crippen LogP contribution in [-0.2, 0) is 4.79 Å². The van der Waals surface area contributed by atoms with Crippen LogP contribution in [0.25, 0.3) is 0 Å². The predicted molar refractivity (Wildman–Crippen MR) is 71.4 cm³/mol. The normalized spacial score (nSPS) is 9.47. The van der Waals surface area contributed by atoms with Crippen LogP contribution in [-0.4, -0.2) is 25.0 Å². The number of benzene rings is 1. The van der Waals surface area contributed by atoms with Crippen LogP contribution in [0.4, 0.5) is 0 Å². The van der Waals surface area contributed by atoms with Gasteiger partial charge in [0.25, 0.3) is 0 Å². The van der Waals surface area contributed by atoms with E-state index >= 15 is 0 Å². The standard InChI is InChI=1S/C12H17NO2.C2H6/c1-10(2)13-8-11(14)9-15-12-6-4-3-5-7-12;1-2/h3-7,10,13H,8-9H2,1-2H3;1-2H3. The first-order chi connectivity index (χ1) is 8.18. The third kappa shape index (κ3) is 8.46. The summed E-state index contributed by atoms with van der Waals surface area (Å²) >= 11 is 0. The first-order valence-corrected chi connectivity index (χ1v) is 6.11. The average Bonchev–Trinajstić information content (AvgIpc) is 2.37. The van der Waals surface area contributed by atoms with Gasteiger partial charge in [-0.05, 0) is 12.1 Å². The van der Waals surface area contributed by atoms with Crippen molar-refractivity contribution in [3.05, 3.63) is 30.3 Å². The zero-order valence-electron chi connectivity index (χ0n) is 11.2. The lowest BCUT2D eigenvalue weighted by atomic mass is 10.3. The molecule has 96 valence electrons. The fraction of sp³-hybridized carbons (Fsp3) is 0.500. The van der Waals surface area contributed by atoms with Crippen molar-refractivity contribution in [3.8, 4) is 5.75 Å². The highest BCUT2D eigenvalue weighted by molar-refractivity contribution is 5.81.